The summed E-state index contributed by atoms with van der Waals surface area (Å²) in [5.74, 6) is -0.573. The number of fused-ring (bicyclic) bond motifs is 1. The van der Waals surface area contributed by atoms with E-state index in [1.165, 1.54) is 0 Å². The third-order valence-electron chi connectivity index (χ3n) is 4.01. The second-order valence-electron chi connectivity index (χ2n) is 7.39. The normalized spacial score (nSPS) is 20.9. The molecule has 7 heteroatoms. The molecule has 0 saturated carbocycles. The van der Waals surface area contributed by atoms with E-state index in [2.05, 4.69) is 10.6 Å². The van der Waals surface area contributed by atoms with E-state index in [1.807, 2.05) is 39.0 Å². The summed E-state index contributed by atoms with van der Waals surface area (Å²) in [6, 6.07) is 8.46. The van der Waals surface area contributed by atoms with Crippen molar-refractivity contribution in [1.82, 2.24) is 15.5 Å². The van der Waals surface area contributed by atoms with Gasteiger partial charge in [-0.05, 0) is 39.8 Å². The number of nitrogens with zero attached hydrogens (tertiary/aromatic N) is 1. The van der Waals surface area contributed by atoms with Crippen LogP contribution in [0.3, 0.4) is 0 Å². The van der Waals surface area contributed by atoms with Crippen LogP contribution in [0.5, 0.6) is 0 Å². The van der Waals surface area contributed by atoms with Gasteiger partial charge in [0.2, 0.25) is 5.91 Å². The Balaban J connectivity index is 1.85. The van der Waals surface area contributed by atoms with Crippen molar-refractivity contribution in [3.63, 3.8) is 0 Å². The van der Waals surface area contributed by atoms with Gasteiger partial charge in [-0.1, -0.05) is 18.2 Å². The zero-order valence-electron chi connectivity index (χ0n) is 14.7. The minimum absolute atomic E-state index is 0.336. The number of carbonyl (C=O) groups is 3. The van der Waals surface area contributed by atoms with Crippen molar-refractivity contribution < 1.29 is 18.8 Å². The van der Waals surface area contributed by atoms with Gasteiger partial charge in [0.25, 0.3) is 5.91 Å². The Labute approximate surface area is 145 Å². The first-order valence-corrected chi connectivity index (χ1v) is 8.04. The summed E-state index contributed by atoms with van der Waals surface area (Å²) in [6.45, 7) is 6.73. The molecule has 0 unspecified atom stereocenters. The second kappa shape index (κ2) is 5.61. The van der Waals surface area contributed by atoms with Crippen LogP contribution in [0.2, 0.25) is 0 Å². The van der Waals surface area contributed by atoms with Crippen LogP contribution in [0.1, 0.15) is 33.5 Å². The molecular weight excluding hydrogens is 322 g/mol. The van der Waals surface area contributed by atoms with Crippen molar-refractivity contribution in [3.05, 3.63) is 36.1 Å². The molecule has 0 spiro atoms. The molecule has 0 bridgehead atoms. The van der Waals surface area contributed by atoms with E-state index in [-0.39, 0.29) is 6.54 Å². The molecule has 1 fully saturated rings. The summed E-state index contributed by atoms with van der Waals surface area (Å²) in [6.07, 6.45) is 0. The fourth-order valence-corrected chi connectivity index (χ4v) is 2.84. The van der Waals surface area contributed by atoms with E-state index >= 15 is 0 Å². The Morgan fingerprint density at radius 2 is 1.96 bits per heavy atom. The lowest BCUT2D eigenvalue weighted by molar-refractivity contribution is -0.135. The van der Waals surface area contributed by atoms with Crippen molar-refractivity contribution in [2.24, 2.45) is 0 Å². The summed E-state index contributed by atoms with van der Waals surface area (Å²) in [5.41, 5.74) is -1.15. The average molecular weight is 343 g/mol. The van der Waals surface area contributed by atoms with Crippen LogP contribution in [-0.2, 0) is 15.1 Å². The Morgan fingerprint density at radius 1 is 1.28 bits per heavy atom. The van der Waals surface area contributed by atoms with Crippen molar-refractivity contribution >= 4 is 28.8 Å². The summed E-state index contributed by atoms with van der Waals surface area (Å²) in [5, 5.41) is 6.22. The number of hydrogen-bond acceptors (Lipinski definition) is 4. The molecule has 1 aliphatic rings. The summed E-state index contributed by atoms with van der Waals surface area (Å²) in [7, 11) is 0. The highest BCUT2D eigenvalue weighted by Crippen LogP contribution is 2.32. The monoisotopic (exact) mass is 343 g/mol. The molecule has 7 nitrogen and oxygen atoms in total. The predicted octanol–water partition coefficient (Wildman–Crippen LogP) is 2.11. The predicted molar refractivity (Wildman–Crippen MR) is 91.7 cm³/mol. The zero-order chi connectivity index (χ0) is 18.4. The number of amides is 4. The van der Waals surface area contributed by atoms with Crippen LogP contribution in [0, 0.1) is 0 Å². The van der Waals surface area contributed by atoms with Crippen molar-refractivity contribution in [2.75, 3.05) is 6.54 Å². The van der Waals surface area contributed by atoms with E-state index < -0.39 is 28.9 Å². The Bertz CT molecular complexity index is 832. The van der Waals surface area contributed by atoms with Crippen molar-refractivity contribution in [1.29, 1.82) is 0 Å². The molecule has 1 saturated heterocycles. The highest BCUT2D eigenvalue weighted by Gasteiger charge is 2.51. The molecule has 1 aliphatic heterocycles. The van der Waals surface area contributed by atoms with E-state index in [9.17, 15) is 14.4 Å². The lowest BCUT2D eigenvalue weighted by Crippen LogP contribution is -2.48. The molecular formula is C18H21N3O4. The van der Waals surface area contributed by atoms with E-state index in [4.69, 9.17) is 4.42 Å². The van der Waals surface area contributed by atoms with Crippen LogP contribution in [0.25, 0.3) is 11.0 Å². The highest BCUT2D eigenvalue weighted by atomic mass is 16.3. The Kier molecular flexibility index (Phi) is 3.82. The lowest BCUT2D eigenvalue weighted by atomic mass is 9.99. The minimum Gasteiger partial charge on any atom is -0.458 e. The number of urea groups is 1. The topological polar surface area (TPSA) is 91.7 Å². The molecule has 3 rings (SSSR count). The van der Waals surface area contributed by atoms with Gasteiger partial charge in [0, 0.05) is 10.9 Å². The molecule has 1 aromatic heterocycles. The van der Waals surface area contributed by atoms with Crippen LogP contribution >= 0.6 is 0 Å². The molecule has 2 aromatic rings. The third kappa shape index (κ3) is 3.09. The first-order chi connectivity index (χ1) is 11.6. The lowest BCUT2D eigenvalue weighted by Gasteiger charge is -2.22. The third-order valence-corrected chi connectivity index (χ3v) is 4.01. The largest absolute Gasteiger partial charge is 0.458 e. The summed E-state index contributed by atoms with van der Waals surface area (Å²) >= 11 is 0. The average Bonchev–Trinajstić information content (AvgIpc) is 3.02. The fourth-order valence-electron chi connectivity index (χ4n) is 2.84. The van der Waals surface area contributed by atoms with E-state index in [0.717, 1.165) is 10.3 Å². The number of rotatable bonds is 3. The minimum atomic E-state index is -1.34. The molecule has 2 heterocycles. The van der Waals surface area contributed by atoms with Crippen molar-refractivity contribution in [3.8, 4) is 0 Å². The number of carbonyl (C=O) groups excluding carboxylic acids is 3. The number of benzene rings is 1. The number of para-hydroxylation sites is 1. The number of hydrogen-bond donors (Lipinski definition) is 2. The van der Waals surface area contributed by atoms with Gasteiger partial charge in [0.15, 0.2) is 5.54 Å². The summed E-state index contributed by atoms with van der Waals surface area (Å²) < 4.78 is 5.74. The van der Waals surface area contributed by atoms with Crippen LogP contribution in [0.4, 0.5) is 4.79 Å². The maximum atomic E-state index is 12.8. The van der Waals surface area contributed by atoms with E-state index in [1.54, 1.807) is 19.1 Å². The number of furan rings is 1. The van der Waals surface area contributed by atoms with Gasteiger partial charge in [0.05, 0.1) is 0 Å². The Hall–Kier alpha value is -2.83. The van der Waals surface area contributed by atoms with Crippen molar-refractivity contribution in [2.45, 2.75) is 38.8 Å². The molecule has 0 radical (unpaired) electrons. The standard InChI is InChI=1S/C18H21N3O4/c1-17(2,3)19-14(22)10-21-15(23)18(4,20-16(21)24)13-9-11-7-5-6-8-12(11)25-13/h5-9H,10H2,1-4H3,(H,19,22)(H,20,24)/t18-/m0/s1. The summed E-state index contributed by atoms with van der Waals surface area (Å²) in [4.78, 5) is 38.1. The number of imide groups is 1. The molecule has 25 heavy (non-hydrogen) atoms. The van der Waals surface area contributed by atoms with Gasteiger partial charge in [0.1, 0.15) is 17.9 Å². The first-order valence-electron chi connectivity index (χ1n) is 8.04. The maximum Gasteiger partial charge on any atom is 0.325 e. The first kappa shape index (κ1) is 17.0. The quantitative estimate of drug-likeness (QED) is 0.835. The van der Waals surface area contributed by atoms with Gasteiger partial charge >= 0.3 is 6.03 Å². The number of nitrogens with one attached hydrogen (secondary N) is 2. The van der Waals surface area contributed by atoms with Crippen LogP contribution < -0.4 is 10.6 Å². The van der Waals surface area contributed by atoms with E-state index in [0.29, 0.717) is 11.3 Å². The maximum absolute atomic E-state index is 12.8. The molecule has 132 valence electrons. The van der Waals surface area contributed by atoms with Gasteiger partial charge < -0.3 is 15.1 Å². The molecule has 2 N–H and O–H groups in total. The van der Waals surface area contributed by atoms with Crippen LogP contribution in [-0.4, -0.2) is 34.8 Å². The molecule has 1 aromatic carbocycles. The molecule has 4 amide bonds. The molecule has 1 atom stereocenters. The fraction of sp³-hybridized carbons (Fsp3) is 0.389. The Morgan fingerprint density at radius 3 is 2.60 bits per heavy atom. The molecule has 0 aliphatic carbocycles. The van der Waals surface area contributed by atoms with Gasteiger partial charge in [-0.25, -0.2) is 4.79 Å². The van der Waals surface area contributed by atoms with Gasteiger partial charge in [-0.2, -0.15) is 0 Å². The highest BCUT2D eigenvalue weighted by molar-refractivity contribution is 6.09. The van der Waals surface area contributed by atoms with Gasteiger partial charge in [-0.15, -0.1) is 0 Å². The second-order valence-corrected chi connectivity index (χ2v) is 7.39. The zero-order valence-corrected chi connectivity index (χ0v) is 14.7. The smallest absolute Gasteiger partial charge is 0.325 e. The van der Waals surface area contributed by atoms with Gasteiger partial charge in [-0.3, -0.25) is 14.5 Å². The SMILES string of the molecule is CC(C)(C)NC(=O)CN1C(=O)N[C@@](C)(c2cc3ccccc3o2)C1=O. The van der Waals surface area contributed by atoms with Crippen LogP contribution in [0.15, 0.2) is 34.7 Å².